The predicted octanol–water partition coefficient (Wildman–Crippen LogP) is 1.86. The van der Waals surface area contributed by atoms with E-state index in [9.17, 15) is 9.18 Å². The Morgan fingerprint density at radius 3 is 2.85 bits per heavy atom. The van der Waals surface area contributed by atoms with Gasteiger partial charge in [0.15, 0.2) is 17.3 Å². The number of nitrogens with zero attached hydrogens (tertiary/aromatic N) is 4. The van der Waals surface area contributed by atoms with E-state index in [1.165, 1.54) is 22.9 Å². The number of halogens is 1. The van der Waals surface area contributed by atoms with Crippen LogP contribution in [0.15, 0.2) is 48.5 Å². The van der Waals surface area contributed by atoms with Gasteiger partial charge in [-0.25, -0.2) is 4.39 Å². The maximum absolute atomic E-state index is 13.0. The van der Waals surface area contributed by atoms with E-state index in [0.29, 0.717) is 23.0 Å². The molecule has 3 aromatic rings. The molecule has 1 aliphatic rings. The number of hydrogen-bond donors (Lipinski definition) is 1. The molecule has 4 rings (SSSR count). The van der Waals surface area contributed by atoms with E-state index in [2.05, 4.69) is 20.8 Å². The molecule has 9 heteroatoms. The van der Waals surface area contributed by atoms with E-state index in [0.717, 1.165) is 5.56 Å². The lowest BCUT2D eigenvalue weighted by Crippen LogP contribution is -2.22. The number of carbonyl (C=O) groups is 1. The highest BCUT2D eigenvalue weighted by Gasteiger charge is 2.12. The molecule has 1 aromatic heterocycles. The molecular weight excluding hydrogens is 353 g/mol. The van der Waals surface area contributed by atoms with Crippen molar-refractivity contribution in [2.24, 2.45) is 0 Å². The van der Waals surface area contributed by atoms with Gasteiger partial charge in [0.1, 0.15) is 5.82 Å². The van der Waals surface area contributed by atoms with Crippen molar-refractivity contribution >= 4 is 12.0 Å². The fraction of sp³-hybridized carbons (Fsp3) is 0.111. The third-order valence-electron chi connectivity index (χ3n) is 3.85. The Hall–Kier alpha value is -3.75. The topological polar surface area (TPSA) is 91.2 Å². The summed E-state index contributed by atoms with van der Waals surface area (Å²) in [6.07, 6.45) is 3.07. The van der Waals surface area contributed by atoms with E-state index in [4.69, 9.17) is 9.47 Å². The normalized spacial score (nSPS) is 12.5. The van der Waals surface area contributed by atoms with Crippen LogP contribution >= 0.6 is 0 Å². The van der Waals surface area contributed by atoms with Gasteiger partial charge in [-0.3, -0.25) is 4.79 Å². The quantitative estimate of drug-likeness (QED) is 0.692. The first-order chi connectivity index (χ1) is 13.2. The summed E-state index contributed by atoms with van der Waals surface area (Å²) in [5.74, 6) is 1.10. The first kappa shape index (κ1) is 16.7. The number of hydrogen-bond acceptors (Lipinski definition) is 6. The third-order valence-corrected chi connectivity index (χ3v) is 3.85. The number of carbonyl (C=O) groups excluding carboxylic acids is 1. The van der Waals surface area contributed by atoms with Crippen LogP contribution < -0.4 is 14.8 Å². The molecular formula is C18H14FN5O3. The Kier molecular flexibility index (Phi) is 4.48. The Morgan fingerprint density at radius 1 is 1.19 bits per heavy atom. The van der Waals surface area contributed by atoms with Gasteiger partial charge >= 0.3 is 0 Å². The minimum atomic E-state index is -0.352. The highest BCUT2D eigenvalue weighted by atomic mass is 19.1. The van der Waals surface area contributed by atoms with Crippen LogP contribution in [0.2, 0.25) is 0 Å². The van der Waals surface area contributed by atoms with Gasteiger partial charge in [0, 0.05) is 6.08 Å². The average Bonchev–Trinajstić information content (AvgIpc) is 3.34. The van der Waals surface area contributed by atoms with Crippen molar-refractivity contribution in [1.82, 2.24) is 25.5 Å². The average molecular weight is 367 g/mol. The van der Waals surface area contributed by atoms with Gasteiger partial charge in [0.25, 0.3) is 0 Å². The van der Waals surface area contributed by atoms with Crippen LogP contribution in [0.5, 0.6) is 11.5 Å². The predicted molar refractivity (Wildman–Crippen MR) is 92.6 cm³/mol. The first-order valence-corrected chi connectivity index (χ1v) is 8.08. The molecule has 2 heterocycles. The molecule has 0 aliphatic carbocycles. The van der Waals surface area contributed by atoms with Crippen molar-refractivity contribution < 1.29 is 18.7 Å². The summed E-state index contributed by atoms with van der Waals surface area (Å²) in [5.41, 5.74) is 1.41. The minimum absolute atomic E-state index is 0.120. The van der Waals surface area contributed by atoms with Gasteiger partial charge in [-0.05, 0) is 58.5 Å². The minimum Gasteiger partial charge on any atom is -0.454 e. The second-order valence-corrected chi connectivity index (χ2v) is 5.65. The van der Waals surface area contributed by atoms with E-state index < -0.39 is 0 Å². The highest BCUT2D eigenvalue weighted by Crippen LogP contribution is 2.32. The molecule has 1 amide bonds. The molecule has 0 saturated carbocycles. The summed E-state index contributed by atoms with van der Waals surface area (Å²) < 4.78 is 25.0. The van der Waals surface area contributed by atoms with Crippen molar-refractivity contribution in [1.29, 1.82) is 0 Å². The molecule has 27 heavy (non-hydrogen) atoms. The van der Waals surface area contributed by atoms with Crippen LogP contribution in [-0.4, -0.2) is 32.9 Å². The first-order valence-electron chi connectivity index (χ1n) is 8.08. The van der Waals surface area contributed by atoms with E-state index >= 15 is 0 Å². The molecule has 0 unspecified atom stereocenters. The lowest BCUT2D eigenvalue weighted by molar-refractivity contribution is -0.116. The van der Waals surface area contributed by atoms with Crippen LogP contribution in [0.3, 0.4) is 0 Å². The number of benzene rings is 2. The monoisotopic (exact) mass is 367 g/mol. The number of amides is 1. The lowest BCUT2D eigenvalue weighted by Gasteiger charge is -2.05. The lowest BCUT2D eigenvalue weighted by atomic mass is 10.2. The van der Waals surface area contributed by atoms with Crippen molar-refractivity contribution in [2.75, 3.05) is 6.79 Å². The number of aromatic nitrogens is 4. The molecule has 1 aliphatic heterocycles. The number of fused-ring (bicyclic) bond motifs is 1. The largest absolute Gasteiger partial charge is 0.454 e. The van der Waals surface area contributed by atoms with E-state index in [1.54, 1.807) is 30.3 Å². The molecule has 0 spiro atoms. The van der Waals surface area contributed by atoms with Crippen molar-refractivity contribution in [3.63, 3.8) is 0 Å². The van der Waals surface area contributed by atoms with Crippen LogP contribution in [0.1, 0.15) is 11.4 Å². The Morgan fingerprint density at radius 2 is 2.00 bits per heavy atom. The molecule has 136 valence electrons. The molecule has 0 radical (unpaired) electrons. The molecule has 2 aromatic carbocycles. The Balaban J connectivity index is 1.38. The second-order valence-electron chi connectivity index (χ2n) is 5.65. The van der Waals surface area contributed by atoms with E-state index in [-0.39, 0.29) is 25.1 Å². The number of tetrazole rings is 1. The van der Waals surface area contributed by atoms with E-state index in [1.807, 2.05) is 6.07 Å². The highest BCUT2D eigenvalue weighted by molar-refractivity contribution is 5.91. The fourth-order valence-corrected chi connectivity index (χ4v) is 2.51. The number of nitrogens with one attached hydrogen (secondary N) is 1. The SMILES string of the molecule is O=C(/C=C\c1ccc2c(c1)OCO2)NCc1nnnn1-c1ccc(F)cc1. The summed E-state index contributed by atoms with van der Waals surface area (Å²) in [4.78, 5) is 12.1. The third kappa shape index (κ3) is 3.76. The van der Waals surface area contributed by atoms with Crippen LogP contribution in [-0.2, 0) is 11.3 Å². The standard InChI is InChI=1S/C18H14FN5O3/c19-13-3-5-14(6-4-13)24-17(21-22-23-24)10-20-18(25)8-2-12-1-7-15-16(9-12)27-11-26-15/h1-9H,10-11H2,(H,20,25)/b8-2-. The molecule has 0 saturated heterocycles. The molecule has 8 nitrogen and oxygen atoms in total. The van der Waals surface area contributed by atoms with Gasteiger partial charge in [-0.15, -0.1) is 5.10 Å². The number of rotatable bonds is 5. The van der Waals surface area contributed by atoms with Gasteiger partial charge < -0.3 is 14.8 Å². The molecule has 0 atom stereocenters. The maximum atomic E-state index is 13.0. The zero-order valence-electron chi connectivity index (χ0n) is 14.0. The Labute approximate surface area is 153 Å². The van der Waals surface area contributed by atoms with Gasteiger partial charge in [-0.2, -0.15) is 4.68 Å². The zero-order chi connectivity index (χ0) is 18.6. The van der Waals surface area contributed by atoms with Gasteiger partial charge in [0.05, 0.1) is 12.2 Å². The maximum Gasteiger partial charge on any atom is 0.244 e. The van der Waals surface area contributed by atoms with Crippen LogP contribution in [0.4, 0.5) is 4.39 Å². The molecule has 0 bridgehead atoms. The summed E-state index contributed by atoms with van der Waals surface area (Å²) in [6, 6.07) is 11.1. The molecule has 1 N–H and O–H groups in total. The summed E-state index contributed by atoms with van der Waals surface area (Å²) in [5, 5.41) is 14.1. The van der Waals surface area contributed by atoms with Crippen molar-refractivity contribution in [3.05, 3.63) is 65.7 Å². The van der Waals surface area contributed by atoms with Crippen molar-refractivity contribution in [3.8, 4) is 17.2 Å². The molecule has 0 fully saturated rings. The van der Waals surface area contributed by atoms with Gasteiger partial charge in [-0.1, -0.05) is 6.07 Å². The van der Waals surface area contributed by atoms with Crippen LogP contribution in [0, 0.1) is 5.82 Å². The second kappa shape index (κ2) is 7.24. The smallest absolute Gasteiger partial charge is 0.244 e. The zero-order valence-corrected chi connectivity index (χ0v) is 14.0. The van der Waals surface area contributed by atoms with Gasteiger partial charge in [0.2, 0.25) is 12.7 Å². The summed E-state index contributed by atoms with van der Waals surface area (Å²) >= 11 is 0. The van der Waals surface area contributed by atoms with Crippen molar-refractivity contribution in [2.45, 2.75) is 6.54 Å². The summed E-state index contributed by atoms with van der Waals surface area (Å²) in [6.45, 7) is 0.320. The summed E-state index contributed by atoms with van der Waals surface area (Å²) in [7, 11) is 0. The van der Waals surface area contributed by atoms with Crippen LogP contribution in [0.25, 0.3) is 11.8 Å². The number of ether oxygens (including phenoxy) is 2. The fourth-order valence-electron chi connectivity index (χ4n) is 2.51. The Bertz CT molecular complexity index is 1000.